The summed E-state index contributed by atoms with van der Waals surface area (Å²) >= 11 is 1.77. The van der Waals surface area contributed by atoms with E-state index in [0.717, 1.165) is 44.7 Å². The molecule has 1 atom stereocenters. The van der Waals surface area contributed by atoms with Crippen LogP contribution in [0.25, 0.3) is 0 Å². The molecule has 0 aromatic carbocycles. The zero-order chi connectivity index (χ0) is 17.1. The van der Waals surface area contributed by atoms with Crippen LogP contribution in [0.1, 0.15) is 30.4 Å². The molecule has 0 unspecified atom stereocenters. The highest BCUT2D eigenvalue weighted by Gasteiger charge is 2.42. The molecule has 4 rings (SSSR count). The maximum absolute atomic E-state index is 12.7. The van der Waals surface area contributed by atoms with Crippen LogP contribution in [0.5, 0.6) is 0 Å². The monoisotopic (exact) mass is 355 g/mol. The zero-order valence-electron chi connectivity index (χ0n) is 14.6. The molecule has 0 bridgehead atoms. The lowest BCUT2D eigenvalue weighted by Crippen LogP contribution is -2.47. The van der Waals surface area contributed by atoms with Gasteiger partial charge in [0, 0.05) is 44.0 Å². The molecule has 2 fully saturated rings. The largest absolute Gasteiger partial charge is 0.342 e. The third kappa shape index (κ3) is 3.93. The van der Waals surface area contributed by atoms with Gasteiger partial charge in [-0.25, -0.2) is 0 Å². The van der Waals surface area contributed by atoms with Gasteiger partial charge < -0.3 is 4.90 Å². The first-order valence-electron chi connectivity index (χ1n) is 9.13. The molecule has 1 amide bonds. The Kier molecular flexibility index (Phi) is 4.86. The summed E-state index contributed by atoms with van der Waals surface area (Å²) in [5.41, 5.74) is 2.73. The van der Waals surface area contributed by atoms with E-state index in [4.69, 9.17) is 0 Å². The fraction of sp³-hybridized carbons (Fsp3) is 0.500. The Bertz CT molecular complexity index is 703. The van der Waals surface area contributed by atoms with Crippen molar-refractivity contribution in [2.45, 2.75) is 32.2 Å². The molecule has 0 saturated carbocycles. The van der Waals surface area contributed by atoms with Gasteiger partial charge in [0.1, 0.15) is 0 Å². The molecule has 2 aliphatic rings. The van der Waals surface area contributed by atoms with Gasteiger partial charge in [-0.3, -0.25) is 14.7 Å². The highest BCUT2D eigenvalue weighted by atomic mass is 32.1. The minimum Gasteiger partial charge on any atom is -0.342 e. The predicted octanol–water partition coefficient (Wildman–Crippen LogP) is 3.20. The van der Waals surface area contributed by atoms with Crippen molar-refractivity contribution in [1.82, 2.24) is 14.8 Å². The summed E-state index contributed by atoms with van der Waals surface area (Å²) in [4.78, 5) is 21.5. The van der Waals surface area contributed by atoms with Gasteiger partial charge in [-0.15, -0.1) is 0 Å². The molecule has 4 nitrogen and oxygen atoms in total. The second-order valence-corrected chi connectivity index (χ2v) is 8.33. The van der Waals surface area contributed by atoms with Crippen LogP contribution in [0.2, 0.25) is 0 Å². The van der Waals surface area contributed by atoms with E-state index in [9.17, 15) is 4.79 Å². The maximum Gasteiger partial charge on any atom is 0.227 e. The highest BCUT2D eigenvalue weighted by Crippen LogP contribution is 2.39. The van der Waals surface area contributed by atoms with Crippen LogP contribution in [0, 0.1) is 5.41 Å². The number of rotatable bonds is 4. The quantitative estimate of drug-likeness (QED) is 0.845. The molecular weight excluding hydrogens is 330 g/mol. The van der Waals surface area contributed by atoms with Crippen LogP contribution < -0.4 is 0 Å². The fourth-order valence-electron chi connectivity index (χ4n) is 4.35. The van der Waals surface area contributed by atoms with Gasteiger partial charge in [0.25, 0.3) is 0 Å². The molecule has 2 aromatic heterocycles. The van der Waals surface area contributed by atoms with Crippen LogP contribution >= 0.6 is 11.3 Å². The van der Waals surface area contributed by atoms with E-state index in [1.165, 1.54) is 18.4 Å². The number of piperidine rings is 1. The minimum atomic E-state index is 0.253. The molecule has 2 saturated heterocycles. The van der Waals surface area contributed by atoms with Gasteiger partial charge in [0.2, 0.25) is 5.91 Å². The van der Waals surface area contributed by atoms with Gasteiger partial charge in [-0.1, -0.05) is 6.07 Å². The minimum absolute atomic E-state index is 0.253. The Labute approximate surface area is 153 Å². The topological polar surface area (TPSA) is 36.4 Å². The third-order valence-electron chi connectivity index (χ3n) is 5.60. The van der Waals surface area contributed by atoms with E-state index in [1.807, 2.05) is 12.1 Å². The number of amides is 1. The van der Waals surface area contributed by atoms with Crippen LogP contribution in [0.4, 0.5) is 0 Å². The van der Waals surface area contributed by atoms with E-state index in [2.05, 4.69) is 31.6 Å². The average molecular weight is 356 g/mol. The first-order valence-corrected chi connectivity index (χ1v) is 10.1. The summed E-state index contributed by atoms with van der Waals surface area (Å²) in [6, 6.07) is 6.11. The number of pyridine rings is 1. The second kappa shape index (κ2) is 7.26. The number of carbonyl (C=O) groups excluding carboxylic acids is 1. The zero-order valence-corrected chi connectivity index (χ0v) is 15.4. The summed E-state index contributed by atoms with van der Waals surface area (Å²) in [7, 11) is 0. The third-order valence-corrected chi connectivity index (χ3v) is 6.33. The smallest absolute Gasteiger partial charge is 0.227 e. The Balaban J connectivity index is 1.36. The Hall–Kier alpha value is -1.72. The first-order chi connectivity index (χ1) is 12.2. The number of thiophene rings is 1. The lowest BCUT2D eigenvalue weighted by molar-refractivity contribution is -0.133. The van der Waals surface area contributed by atoms with E-state index in [1.54, 1.807) is 23.7 Å². The van der Waals surface area contributed by atoms with E-state index >= 15 is 0 Å². The summed E-state index contributed by atoms with van der Waals surface area (Å²) in [5, 5.41) is 4.40. The highest BCUT2D eigenvalue weighted by molar-refractivity contribution is 7.07. The molecule has 0 radical (unpaired) electrons. The summed E-state index contributed by atoms with van der Waals surface area (Å²) < 4.78 is 0. The molecule has 1 spiro atoms. The van der Waals surface area contributed by atoms with Crippen molar-refractivity contribution in [3.05, 3.63) is 52.5 Å². The molecule has 5 heteroatoms. The van der Waals surface area contributed by atoms with Crippen LogP contribution in [-0.4, -0.2) is 46.9 Å². The van der Waals surface area contributed by atoms with Crippen molar-refractivity contribution < 1.29 is 4.79 Å². The SMILES string of the molecule is O=C(Cc1cccnc1)N1CCC[C@@]2(CCN(Cc3ccsc3)C2)C1. The van der Waals surface area contributed by atoms with Gasteiger partial charge in [0.15, 0.2) is 0 Å². The summed E-state index contributed by atoms with van der Waals surface area (Å²) in [5.74, 6) is 0.253. The number of nitrogens with zero attached hydrogens (tertiary/aromatic N) is 3. The van der Waals surface area contributed by atoms with Crippen molar-refractivity contribution in [1.29, 1.82) is 0 Å². The van der Waals surface area contributed by atoms with Crippen molar-refractivity contribution in [3.63, 3.8) is 0 Å². The van der Waals surface area contributed by atoms with Crippen LogP contribution in [0.15, 0.2) is 41.4 Å². The predicted molar refractivity (Wildman–Crippen MR) is 100 cm³/mol. The number of likely N-dealkylation sites (tertiary alicyclic amines) is 2. The van der Waals surface area contributed by atoms with Gasteiger partial charge in [-0.05, 0) is 59.8 Å². The summed E-state index contributed by atoms with van der Waals surface area (Å²) in [6.07, 6.45) is 7.63. The lowest BCUT2D eigenvalue weighted by Gasteiger charge is -2.40. The molecule has 2 aromatic rings. The molecule has 0 N–H and O–H groups in total. The van der Waals surface area contributed by atoms with Crippen molar-refractivity contribution in [3.8, 4) is 0 Å². The average Bonchev–Trinajstić information content (AvgIpc) is 3.27. The standard InChI is InChI=1S/C20H25N3OS/c24-19(11-17-3-1-7-21-12-17)23-8-2-5-20(16-23)6-9-22(15-20)13-18-4-10-25-14-18/h1,3-4,7,10,12,14H,2,5-6,8-9,11,13,15-16H2/t20-/m0/s1. The number of aromatic nitrogens is 1. The summed E-state index contributed by atoms with van der Waals surface area (Å²) in [6.45, 7) is 5.16. The molecular formula is C20H25N3OS. The molecule has 0 aliphatic carbocycles. The van der Waals surface area contributed by atoms with Gasteiger partial charge >= 0.3 is 0 Å². The first kappa shape index (κ1) is 16.7. The Morgan fingerprint density at radius 2 is 2.16 bits per heavy atom. The lowest BCUT2D eigenvalue weighted by atomic mass is 9.79. The van der Waals surface area contributed by atoms with Crippen molar-refractivity contribution in [2.75, 3.05) is 26.2 Å². The van der Waals surface area contributed by atoms with Crippen molar-refractivity contribution in [2.24, 2.45) is 5.41 Å². The Morgan fingerprint density at radius 3 is 2.96 bits per heavy atom. The molecule has 4 heterocycles. The van der Waals surface area contributed by atoms with E-state index < -0.39 is 0 Å². The van der Waals surface area contributed by atoms with Crippen LogP contribution in [-0.2, 0) is 17.8 Å². The van der Waals surface area contributed by atoms with Crippen LogP contribution in [0.3, 0.4) is 0 Å². The molecule has 25 heavy (non-hydrogen) atoms. The fourth-order valence-corrected chi connectivity index (χ4v) is 5.01. The van der Waals surface area contributed by atoms with Gasteiger partial charge in [0.05, 0.1) is 6.42 Å². The molecule has 2 aliphatic heterocycles. The number of hydrogen-bond donors (Lipinski definition) is 0. The second-order valence-electron chi connectivity index (χ2n) is 7.55. The maximum atomic E-state index is 12.7. The van der Waals surface area contributed by atoms with Crippen molar-refractivity contribution >= 4 is 17.2 Å². The van der Waals surface area contributed by atoms with Gasteiger partial charge in [-0.2, -0.15) is 11.3 Å². The Morgan fingerprint density at radius 1 is 1.20 bits per heavy atom. The van der Waals surface area contributed by atoms with E-state index in [-0.39, 0.29) is 5.91 Å². The molecule has 132 valence electrons. The number of carbonyl (C=O) groups is 1. The normalized spacial score (nSPS) is 24.1. The number of hydrogen-bond acceptors (Lipinski definition) is 4. The van der Waals surface area contributed by atoms with E-state index in [0.29, 0.717) is 11.8 Å².